The maximum absolute atomic E-state index is 13.8. The van der Waals surface area contributed by atoms with Crippen LogP contribution in [-0.2, 0) is 15.1 Å². The minimum absolute atomic E-state index is 0.0346. The van der Waals surface area contributed by atoms with Crippen molar-refractivity contribution in [1.82, 2.24) is 9.80 Å². The van der Waals surface area contributed by atoms with Crippen LogP contribution in [0.5, 0.6) is 11.5 Å². The third-order valence-corrected chi connectivity index (χ3v) is 6.39. The summed E-state index contributed by atoms with van der Waals surface area (Å²) in [4.78, 5) is 30.5. The molecule has 0 spiro atoms. The molecule has 8 heteroatoms. The van der Waals surface area contributed by atoms with Crippen LogP contribution in [0.3, 0.4) is 0 Å². The summed E-state index contributed by atoms with van der Waals surface area (Å²) in [5.74, 6) is 0.854. The van der Waals surface area contributed by atoms with Crippen molar-refractivity contribution in [1.29, 1.82) is 0 Å². The number of amides is 2. The number of hydrogen-bond acceptors (Lipinski definition) is 5. The van der Waals surface area contributed by atoms with E-state index in [-0.39, 0.29) is 11.8 Å². The Hall–Kier alpha value is -2.77. The fourth-order valence-corrected chi connectivity index (χ4v) is 4.96. The first kappa shape index (κ1) is 21.5. The Morgan fingerprint density at radius 2 is 1.94 bits per heavy atom. The predicted octanol–water partition coefficient (Wildman–Crippen LogP) is 3.11. The van der Waals surface area contributed by atoms with E-state index in [9.17, 15) is 9.59 Å². The zero-order valence-corrected chi connectivity index (χ0v) is 18.8. The molecule has 4 rings (SSSR count). The van der Waals surface area contributed by atoms with Crippen molar-refractivity contribution in [3.8, 4) is 11.5 Å². The lowest BCUT2D eigenvalue weighted by atomic mass is 9.80. The highest BCUT2D eigenvalue weighted by molar-refractivity contribution is 6.31. The Bertz CT molecular complexity index is 1040. The molecule has 0 bridgehead atoms. The van der Waals surface area contributed by atoms with Gasteiger partial charge in [-0.3, -0.25) is 14.5 Å². The summed E-state index contributed by atoms with van der Waals surface area (Å²) in [7, 11) is 6.61. The van der Waals surface area contributed by atoms with Crippen LogP contribution >= 0.6 is 11.6 Å². The van der Waals surface area contributed by atoms with Gasteiger partial charge in [-0.05, 0) is 43.2 Å². The molecule has 1 saturated heterocycles. The molecule has 31 heavy (non-hydrogen) atoms. The minimum Gasteiger partial charge on any atom is -0.497 e. The molecule has 0 saturated carbocycles. The third kappa shape index (κ3) is 3.23. The van der Waals surface area contributed by atoms with Gasteiger partial charge in [0.15, 0.2) is 5.54 Å². The van der Waals surface area contributed by atoms with Crippen LogP contribution in [0, 0.1) is 0 Å². The quantitative estimate of drug-likeness (QED) is 0.768. The van der Waals surface area contributed by atoms with E-state index in [0.717, 1.165) is 6.42 Å². The molecule has 0 aliphatic carbocycles. The summed E-state index contributed by atoms with van der Waals surface area (Å²) in [6, 6.07) is 10.3. The molecule has 2 heterocycles. The number of rotatable bonds is 5. The highest BCUT2D eigenvalue weighted by atomic mass is 35.5. The normalized spacial score (nSPS) is 22.7. The molecule has 2 atom stereocenters. The van der Waals surface area contributed by atoms with E-state index in [1.165, 1.54) is 0 Å². The van der Waals surface area contributed by atoms with Crippen LogP contribution in [0.4, 0.5) is 5.69 Å². The van der Waals surface area contributed by atoms with Gasteiger partial charge in [0.1, 0.15) is 11.5 Å². The third-order valence-electron chi connectivity index (χ3n) is 6.16. The average Bonchev–Trinajstić information content (AvgIpc) is 3.35. The molecule has 2 aliphatic heterocycles. The molecule has 2 aromatic carbocycles. The Kier molecular flexibility index (Phi) is 5.58. The van der Waals surface area contributed by atoms with Gasteiger partial charge in [0, 0.05) is 48.5 Å². The van der Waals surface area contributed by atoms with Crippen LogP contribution in [0.15, 0.2) is 36.4 Å². The van der Waals surface area contributed by atoms with Crippen LogP contribution in [0.1, 0.15) is 24.0 Å². The summed E-state index contributed by atoms with van der Waals surface area (Å²) in [6.45, 7) is 0.582. The van der Waals surface area contributed by atoms with E-state index in [2.05, 4.69) is 5.32 Å². The molecule has 7 nitrogen and oxygen atoms in total. The lowest BCUT2D eigenvalue weighted by molar-refractivity contribution is -0.138. The number of carbonyl (C=O) groups is 2. The molecule has 2 aliphatic rings. The predicted molar refractivity (Wildman–Crippen MR) is 119 cm³/mol. The van der Waals surface area contributed by atoms with Gasteiger partial charge < -0.3 is 19.7 Å². The fraction of sp³-hybridized carbons (Fsp3) is 0.391. The number of carbonyl (C=O) groups excluding carboxylic acids is 2. The van der Waals surface area contributed by atoms with E-state index >= 15 is 0 Å². The first-order chi connectivity index (χ1) is 14.8. The second kappa shape index (κ2) is 8.05. The average molecular weight is 444 g/mol. The summed E-state index contributed by atoms with van der Waals surface area (Å²) >= 11 is 6.38. The summed E-state index contributed by atoms with van der Waals surface area (Å²) in [5, 5.41) is 3.52. The monoisotopic (exact) mass is 443 g/mol. The number of halogens is 1. The lowest BCUT2D eigenvalue weighted by Gasteiger charge is -2.41. The number of likely N-dealkylation sites (N-methyl/N-ethyl adjacent to an activating group) is 1. The maximum Gasteiger partial charge on any atom is 0.254 e. The Labute approximate surface area is 186 Å². The van der Waals surface area contributed by atoms with Crippen LogP contribution < -0.4 is 14.8 Å². The van der Waals surface area contributed by atoms with Crippen LogP contribution in [0.25, 0.3) is 0 Å². The van der Waals surface area contributed by atoms with Crippen molar-refractivity contribution < 1.29 is 19.1 Å². The van der Waals surface area contributed by atoms with Crippen molar-refractivity contribution in [3.63, 3.8) is 0 Å². The molecule has 1 N–H and O–H groups in total. The van der Waals surface area contributed by atoms with E-state index in [1.807, 2.05) is 11.0 Å². The topological polar surface area (TPSA) is 71.1 Å². The molecule has 0 aromatic heterocycles. The summed E-state index contributed by atoms with van der Waals surface area (Å²) < 4.78 is 11.1. The number of nitrogens with one attached hydrogen (secondary N) is 1. The molecule has 1 unspecified atom stereocenters. The van der Waals surface area contributed by atoms with Crippen molar-refractivity contribution in [3.05, 3.63) is 52.5 Å². The number of benzene rings is 2. The standard InChI is InChI=1S/C23H26ClN3O4/c1-26(2)21(28)19-6-5-11-27(19)23(16-9-8-15(30-3)13-20(16)31-4)17-12-14(24)7-10-18(17)25-22(23)29/h7-10,12-13,19H,5-6,11H2,1-4H3,(H,25,29)/t19-,23?/m0/s1. The first-order valence-corrected chi connectivity index (χ1v) is 10.5. The maximum atomic E-state index is 13.8. The van der Waals surface area contributed by atoms with Crippen molar-refractivity contribution in [2.45, 2.75) is 24.4 Å². The van der Waals surface area contributed by atoms with Crippen molar-refractivity contribution >= 4 is 29.1 Å². The molecular weight excluding hydrogens is 418 g/mol. The molecule has 2 amide bonds. The number of anilines is 1. The van der Waals surface area contributed by atoms with Gasteiger partial charge >= 0.3 is 0 Å². The number of ether oxygens (including phenoxy) is 2. The van der Waals surface area contributed by atoms with Crippen LogP contribution in [0.2, 0.25) is 5.02 Å². The van der Waals surface area contributed by atoms with Crippen molar-refractivity contribution in [2.75, 3.05) is 40.2 Å². The van der Waals surface area contributed by atoms with Gasteiger partial charge in [-0.15, -0.1) is 0 Å². The number of methoxy groups -OCH3 is 2. The van der Waals surface area contributed by atoms with Gasteiger partial charge in [-0.1, -0.05) is 11.6 Å². The van der Waals surface area contributed by atoms with E-state index in [0.29, 0.717) is 46.3 Å². The van der Waals surface area contributed by atoms with Gasteiger partial charge in [0.05, 0.1) is 20.3 Å². The molecule has 164 valence electrons. The molecular formula is C23H26ClN3O4. The summed E-state index contributed by atoms with van der Waals surface area (Å²) in [5.41, 5.74) is 0.778. The zero-order chi connectivity index (χ0) is 22.3. The van der Waals surface area contributed by atoms with Gasteiger partial charge in [-0.25, -0.2) is 0 Å². The largest absolute Gasteiger partial charge is 0.497 e. The fourth-order valence-electron chi connectivity index (χ4n) is 4.79. The van der Waals surface area contributed by atoms with E-state index in [4.69, 9.17) is 21.1 Å². The number of hydrogen-bond donors (Lipinski definition) is 1. The van der Waals surface area contributed by atoms with Gasteiger partial charge in [0.2, 0.25) is 5.91 Å². The second-order valence-electron chi connectivity index (χ2n) is 8.00. The Morgan fingerprint density at radius 1 is 1.16 bits per heavy atom. The minimum atomic E-state index is -1.26. The van der Waals surface area contributed by atoms with Crippen LogP contribution in [-0.4, -0.2) is 62.5 Å². The number of likely N-dealkylation sites (tertiary alicyclic amines) is 1. The molecule has 0 radical (unpaired) electrons. The number of nitrogens with zero attached hydrogens (tertiary/aromatic N) is 2. The van der Waals surface area contributed by atoms with E-state index < -0.39 is 11.6 Å². The van der Waals surface area contributed by atoms with Gasteiger partial charge in [0.25, 0.3) is 5.91 Å². The first-order valence-electron chi connectivity index (χ1n) is 10.2. The molecule has 2 aromatic rings. The highest BCUT2D eigenvalue weighted by Crippen LogP contribution is 2.51. The van der Waals surface area contributed by atoms with E-state index in [1.54, 1.807) is 63.5 Å². The SMILES string of the molecule is COc1ccc(C2(N3CCC[C@H]3C(=O)N(C)C)C(=O)Nc3ccc(Cl)cc32)c(OC)c1. The second-order valence-corrected chi connectivity index (χ2v) is 8.44. The Balaban J connectivity index is 2.02. The van der Waals surface area contributed by atoms with Crippen molar-refractivity contribution in [2.24, 2.45) is 0 Å². The van der Waals surface area contributed by atoms with Gasteiger partial charge in [-0.2, -0.15) is 0 Å². The smallest absolute Gasteiger partial charge is 0.254 e. The summed E-state index contributed by atoms with van der Waals surface area (Å²) in [6.07, 6.45) is 1.47. The molecule has 1 fully saturated rings. The lowest BCUT2D eigenvalue weighted by Crippen LogP contribution is -2.57. The highest BCUT2D eigenvalue weighted by Gasteiger charge is 2.58. The number of fused-ring (bicyclic) bond motifs is 1. The zero-order valence-electron chi connectivity index (χ0n) is 18.1. The Morgan fingerprint density at radius 3 is 2.61 bits per heavy atom.